The molecular formula is C45H30N2. The number of rotatable bonds is 5. The Hall–Kier alpha value is -6.25. The molecule has 0 spiro atoms. The SMILES string of the molecule is [2H]c1c([2H])c([2H])c(-c2cc(-c3c([2H])c([2H])c([2H])c([2H])c3[2H])cc(-c3c4c([2H])c([2H])c([2H])c([2H])c4c(-n4c(-c5ccccc5)nc5ccccc54)c4c([2H])c([2H])c([2H])c([2H])c34)c2)c([2H])c1[2H]. The summed E-state index contributed by atoms with van der Waals surface area (Å²) in [5.74, 6) is 0.272. The fourth-order valence-electron chi connectivity index (χ4n) is 6.00. The number of fused-ring (bicyclic) bond motifs is 3. The first-order chi connectivity index (χ1) is 30.8. The Balaban J connectivity index is 1.59. The van der Waals surface area contributed by atoms with E-state index in [1.165, 1.54) is 18.2 Å². The first kappa shape index (κ1) is 14.5. The third-order valence-electron chi connectivity index (χ3n) is 7.96. The van der Waals surface area contributed by atoms with Crippen LogP contribution in [-0.4, -0.2) is 9.55 Å². The van der Waals surface area contributed by atoms with E-state index in [0.717, 1.165) is 0 Å². The van der Waals surface area contributed by atoms with E-state index in [-0.39, 0.29) is 66.4 Å². The zero-order valence-electron chi connectivity index (χ0n) is 42.3. The van der Waals surface area contributed by atoms with Crippen LogP contribution in [0.3, 0.4) is 0 Å². The van der Waals surface area contributed by atoms with E-state index in [2.05, 4.69) is 0 Å². The van der Waals surface area contributed by atoms with Gasteiger partial charge in [-0.3, -0.25) is 4.57 Å². The van der Waals surface area contributed by atoms with Crippen molar-refractivity contribution in [2.75, 3.05) is 0 Å². The van der Waals surface area contributed by atoms with Crippen LogP contribution in [0.25, 0.3) is 83.0 Å². The van der Waals surface area contributed by atoms with Crippen molar-refractivity contribution in [1.82, 2.24) is 9.55 Å². The first-order valence-electron chi connectivity index (χ1n) is 23.6. The first-order valence-corrected chi connectivity index (χ1v) is 14.6. The molecule has 0 saturated heterocycles. The van der Waals surface area contributed by atoms with Gasteiger partial charge in [0.25, 0.3) is 0 Å². The number of benzene rings is 8. The second-order valence-corrected chi connectivity index (χ2v) is 10.6. The molecule has 9 aromatic rings. The second kappa shape index (κ2) is 11.3. The summed E-state index contributed by atoms with van der Waals surface area (Å²) in [7, 11) is 0. The minimum atomic E-state index is -0.707. The topological polar surface area (TPSA) is 17.8 Å². The highest BCUT2D eigenvalue weighted by Crippen LogP contribution is 2.45. The fourth-order valence-corrected chi connectivity index (χ4v) is 6.00. The highest BCUT2D eigenvalue weighted by atomic mass is 15.1. The van der Waals surface area contributed by atoms with Gasteiger partial charge in [0.2, 0.25) is 0 Å². The quantitative estimate of drug-likeness (QED) is 0.176. The number of hydrogen-bond acceptors (Lipinski definition) is 1. The van der Waals surface area contributed by atoms with Crippen molar-refractivity contribution in [3.05, 3.63) is 182 Å². The van der Waals surface area contributed by atoms with Crippen LogP contribution in [-0.2, 0) is 0 Å². The smallest absolute Gasteiger partial charge is 0.145 e. The Morgan fingerprint density at radius 2 is 0.915 bits per heavy atom. The van der Waals surface area contributed by atoms with Gasteiger partial charge in [-0.25, -0.2) is 4.98 Å². The molecule has 0 aliphatic heterocycles. The Bertz CT molecular complexity index is 3360. The molecule has 0 radical (unpaired) electrons. The summed E-state index contributed by atoms with van der Waals surface area (Å²) in [4.78, 5) is 4.92. The summed E-state index contributed by atoms with van der Waals surface area (Å²) in [5, 5.41) is -0.876. The summed E-state index contributed by atoms with van der Waals surface area (Å²) in [5.41, 5.74) is 0.0682. The van der Waals surface area contributed by atoms with Gasteiger partial charge in [-0.05, 0) is 74.5 Å². The molecule has 8 aromatic carbocycles. The van der Waals surface area contributed by atoms with Crippen LogP contribution >= 0.6 is 0 Å². The van der Waals surface area contributed by atoms with E-state index >= 15 is 0 Å². The number of aromatic nitrogens is 2. The molecule has 2 heteroatoms. The molecule has 0 N–H and O–H groups in total. The molecule has 220 valence electrons. The Kier molecular flexibility index (Phi) is 3.47. The second-order valence-electron chi connectivity index (χ2n) is 10.6. The molecule has 0 atom stereocenters. The minimum absolute atomic E-state index is 0.0575. The van der Waals surface area contributed by atoms with Crippen molar-refractivity contribution in [3.8, 4) is 50.5 Å². The number of para-hydroxylation sites is 2. The van der Waals surface area contributed by atoms with Crippen LogP contribution in [0.1, 0.15) is 24.7 Å². The summed E-state index contributed by atoms with van der Waals surface area (Å²) >= 11 is 0. The average Bonchev–Trinajstić information content (AvgIpc) is 3.70. The minimum Gasteiger partial charge on any atom is -0.291 e. The summed E-state index contributed by atoms with van der Waals surface area (Å²) in [6, 6.07) is 7.66. The zero-order chi connectivity index (χ0) is 46.8. The van der Waals surface area contributed by atoms with Gasteiger partial charge in [0.15, 0.2) is 0 Å². The predicted octanol–water partition coefficient (Wildman–Crippen LogP) is 12.0. The Morgan fingerprint density at radius 1 is 0.426 bits per heavy atom. The van der Waals surface area contributed by atoms with Crippen LogP contribution in [0.2, 0.25) is 0 Å². The fraction of sp³-hybridized carbons (Fsp3) is 0. The number of hydrogen-bond donors (Lipinski definition) is 0. The molecule has 0 fully saturated rings. The molecule has 0 saturated carbocycles. The number of nitrogens with zero attached hydrogens (tertiary/aromatic N) is 2. The van der Waals surface area contributed by atoms with Crippen LogP contribution in [0.4, 0.5) is 0 Å². The molecule has 0 unspecified atom stereocenters. The highest BCUT2D eigenvalue weighted by Gasteiger charge is 2.22. The maximum Gasteiger partial charge on any atom is 0.145 e. The summed E-state index contributed by atoms with van der Waals surface area (Å²) in [6.07, 6.45) is 0. The van der Waals surface area contributed by atoms with Crippen molar-refractivity contribution < 1.29 is 24.7 Å². The third kappa shape index (κ3) is 4.62. The standard InChI is InChI=1S/C45H30N2/c1-4-16-31(17-5-1)34-28-35(32-18-6-2-7-19-32)30-36(29-34)43-37-22-10-12-24-39(37)44(40-25-13-11-23-38(40)43)47-42-27-15-14-26-41(42)46-45(47)33-20-8-3-9-21-33/h1-30H/i1D,2D,4D,5D,6D,7D,10D,11D,12D,13D,16D,17D,18D,19D,22D,23D,24D,25D. The van der Waals surface area contributed by atoms with Gasteiger partial charge in [-0.15, -0.1) is 0 Å². The van der Waals surface area contributed by atoms with Gasteiger partial charge in [-0.2, -0.15) is 0 Å². The van der Waals surface area contributed by atoms with Crippen molar-refractivity contribution in [2.45, 2.75) is 0 Å². The third-order valence-corrected chi connectivity index (χ3v) is 7.96. The van der Waals surface area contributed by atoms with Gasteiger partial charge in [0.05, 0.1) is 41.4 Å². The molecule has 47 heavy (non-hydrogen) atoms. The molecule has 1 heterocycles. The predicted molar refractivity (Wildman–Crippen MR) is 198 cm³/mol. The normalized spacial score (nSPS) is 16.8. The van der Waals surface area contributed by atoms with Crippen molar-refractivity contribution in [3.63, 3.8) is 0 Å². The van der Waals surface area contributed by atoms with Crippen molar-refractivity contribution in [2.24, 2.45) is 0 Å². The van der Waals surface area contributed by atoms with Gasteiger partial charge in [0, 0.05) is 16.3 Å². The van der Waals surface area contributed by atoms with E-state index in [1.807, 2.05) is 0 Å². The summed E-state index contributed by atoms with van der Waals surface area (Å²) < 4.78 is 162. The van der Waals surface area contributed by atoms with E-state index < -0.39 is 109 Å². The molecular weight excluding hydrogens is 569 g/mol. The van der Waals surface area contributed by atoms with Gasteiger partial charge >= 0.3 is 0 Å². The average molecular weight is 617 g/mol. The molecule has 9 rings (SSSR count). The lowest BCUT2D eigenvalue weighted by Gasteiger charge is -2.21. The molecule has 2 nitrogen and oxygen atoms in total. The van der Waals surface area contributed by atoms with E-state index in [0.29, 0.717) is 16.6 Å². The largest absolute Gasteiger partial charge is 0.291 e. The van der Waals surface area contributed by atoms with Crippen molar-refractivity contribution in [1.29, 1.82) is 0 Å². The summed E-state index contributed by atoms with van der Waals surface area (Å²) in [6.45, 7) is 0. The molecule has 0 bridgehead atoms. The Morgan fingerprint density at radius 3 is 1.51 bits per heavy atom. The maximum absolute atomic E-state index is 9.58. The van der Waals surface area contributed by atoms with Gasteiger partial charge in [-0.1, -0.05) is 151 Å². The van der Waals surface area contributed by atoms with Crippen LogP contribution < -0.4 is 0 Å². The van der Waals surface area contributed by atoms with E-state index in [9.17, 15) is 5.48 Å². The lowest BCUT2D eigenvalue weighted by Crippen LogP contribution is -2.01. The van der Waals surface area contributed by atoms with Gasteiger partial charge in [0.1, 0.15) is 5.82 Å². The Labute approximate surface area is 299 Å². The van der Waals surface area contributed by atoms with Crippen LogP contribution in [0, 0.1) is 0 Å². The lowest BCUT2D eigenvalue weighted by molar-refractivity contribution is 1.13. The molecule has 0 aliphatic rings. The monoisotopic (exact) mass is 616 g/mol. The lowest BCUT2D eigenvalue weighted by atomic mass is 9.87. The number of imidazole rings is 1. The van der Waals surface area contributed by atoms with Gasteiger partial charge < -0.3 is 0 Å². The van der Waals surface area contributed by atoms with Crippen molar-refractivity contribution >= 4 is 32.6 Å². The molecule has 0 aliphatic carbocycles. The maximum atomic E-state index is 9.58. The van der Waals surface area contributed by atoms with E-state index in [4.69, 9.17) is 24.2 Å². The van der Waals surface area contributed by atoms with Crippen LogP contribution in [0.15, 0.2) is 182 Å². The highest BCUT2D eigenvalue weighted by molar-refractivity contribution is 6.19. The molecule has 1 aromatic heterocycles. The zero-order valence-corrected chi connectivity index (χ0v) is 24.3. The van der Waals surface area contributed by atoms with E-state index in [1.54, 1.807) is 59.2 Å². The van der Waals surface area contributed by atoms with Crippen LogP contribution in [0.5, 0.6) is 0 Å². The molecule has 0 amide bonds.